The monoisotopic (exact) mass is 295 g/mol. The van der Waals surface area contributed by atoms with Gasteiger partial charge in [0, 0.05) is 36.6 Å². The van der Waals surface area contributed by atoms with Crippen molar-refractivity contribution in [1.29, 1.82) is 0 Å². The van der Waals surface area contributed by atoms with Crippen LogP contribution in [0.1, 0.15) is 24.6 Å². The lowest BCUT2D eigenvalue weighted by molar-refractivity contribution is 0.100. The summed E-state index contributed by atoms with van der Waals surface area (Å²) in [7, 11) is 4.52. The molecule has 20 heavy (non-hydrogen) atoms. The van der Waals surface area contributed by atoms with Crippen LogP contribution in [0.4, 0.5) is 0 Å². The van der Waals surface area contributed by atoms with Crippen LogP contribution >= 0.6 is 11.3 Å². The highest BCUT2D eigenvalue weighted by Gasteiger charge is 2.24. The van der Waals surface area contributed by atoms with Crippen molar-refractivity contribution in [2.75, 3.05) is 40.3 Å². The molecule has 0 amide bonds. The van der Waals surface area contributed by atoms with Crippen molar-refractivity contribution < 1.29 is 0 Å². The summed E-state index contributed by atoms with van der Waals surface area (Å²) in [5.41, 5.74) is 0. The van der Waals surface area contributed by atoms with Crippen molar-refractivity contribution in [3.05, 3.63) is 22.4 Å². The standard InChI is InChI=1S/C16H29N3S/c1-4-17-14(7-8-16-6-5-11-20-16)12-15-13-18(2)9-10-19(15)3/h5-6,11,14-15,17H,4,7-10,12-13H2,1-3H3. The minimum atomic E-state index is 0.640. The lowest BCUT2D eigenvalue weighted by Gasteiger charge is -2.39. The Morgan fingerprint density at radius 2 is 2.25 bits per heavy atom. The van der Waals surface area contributed by atoms with Gasteiger partial charge < -0.3 is 15.1 Å². The van der Waals surface area contributed by atoms with Crippen LogP contribution in [0.2, 0.25) is 0 Å². The molecule has 4 heteroatoms. The summed E-state index contributed by atoms with van der Waals surface area (Å²) in [6, 6.07) is 5.75. The van der Waals surface area contributed by atoms with E-state index in [-0.39, 0.29) is 0 Å². The summed E-state index contributed by atoms with van der Waals surface area (Å²) in [5.74, 6) is 0. The Hall–Kier alpha value is -0.420. The van der Waals surface area contributed by atoms with Gasteiger partial charge in [-0.1, -0.05) is 13.0 Å². The molecule has 114 valence electrons. The van der Waals surface area contributed by atoms with E-state index in [1.165, 1.54) is 43.8 Å². The fourth-order valence-electron chi connectivity index (χ4n) is 3.05. The molecule has 0 aliphatic carbocycles. The van der Waals surface area contributed by atoms with Gasteiger partial charge in [0.05, 0.1) is 0 Å². The molecular formula is C16H29N3S. The number of piperazine rings is 1. The molecule has 0 saturated carbocycles. The molecule has 1 aliphatic heterocycles. The molecule has 2 heterocycles. The van der Waals surface area contributed by atoms with Gasteiger partial charge in [0.15, 0.2) is 0 Å². The third-order valence-electron chi connectivity index (χ3n) is 4.35. The number of aryl methyl sites for hydroxylation is 1. The van der Waals surface area contributed by atoms with E-state index >= 15 is 0 Å². The maximum absolute atomic E-state index is 3.69. The van der Waals surface area contributed by atoms with Crippen LogP contribution in [0, 0.1) is 0 Å². The van der Waals surface area contributed by atoms with E-state index in [9.17, 15) is 0 Å². The SMILES string of the molecule is CCNC(CCc1cccs1)CC1CN(C)CCN1C. The van der Waals surface area contributed by atoms with Gasteiger partial charge in [-0.25, -0.2) is 0 Å². The summed E-state index contributed by atoms with van der Waals surface area (Å²) >= 11 is 1.88. The normalized spacial score (nSPS) is 23.1. The van der Waals surface area contributed by atoms with E-state index in [2.05, 4.69) is 53.6 Å². The van der Waals surface area contributed by atoms with Crippen LogP contribution in [0.25, 0.3) is 0 Å². The van der Waals surface area contributed by atoms with Crippen molar-refractivity contribution in [2.45, 2.75) is 38.3 Å². The second-order valence-corrected chi connectivity index (χ2v) is 7.04. The van der Waals surface area contributed by atoms with Gasteiger partial charge in [0.2, 0.25) is 0 Å². The van der Waals surface area contributed by atoms with Gasteiger partial charge in [0.25, 0.3) is 0 Å². The molecule has 1 N–H and O–H groups in total. The predicted octanol–water partition coefficient (Wildman–Crippen LogP) is 2.29. The van der Waals surface area contributed by atoms with E-state index in [1.807, 2.05) is 11.3 Å². The zero-order valence-electron chi connectivity index (χ0n) is 13.1. The number of rotatable bonds is 7. The molecule has 0 aromatic carbocycles. The molecule has 2 unspecified atom stereocenters. The smallest absolute Gasteiger partial charge is 0.0235 e. The maximum Gasteiger partial charge on any atom is 0.0235 e. The minimum absolute atomic E-state index is 0.640. The summed E-state index contributed by atoms with van der Waals surface area (Å²) in [4.78, 5) is 6.52. The van der Waals surface area contributed by atoms with E-state index in [0.29, 0.717) is 12.1 Å². The maximum atomic E-state index is 3.69. The van der Waals surface area contributed by atoms with Crippen molar-refractivity contribution in [1.82, 2.24) is 15.1 Å². The predicted molar refractivity (Wildman–Crippen MR) is 88.6 cm³/mol. The summed E-state index contributed by atoms with van der Waals surface area (Å²) in [5, 5.41) is 5.87. The largest absolute Gasteiger partial charge is 0.314 e. The molecule has 1 aromatic rings. The quantitative estimate of drug-likeness (QED) is 0.833. The Morgan fingerprint density at radius 3 is 2.95 bits per heavy atom. The summed E-state index contributed by atoms with van der Waals surface area (Å²) in [6.07, 6.45) is 3.73. The van der Waals surface area contributed by atoms with Gasteiger partial charge in [-0.2, -0.15) is 0 Å². The number of nitrogens with one attached hydrogen (secondary N) is 1. The first-order valence-electron chi connectivity index (χ1n) is 7.83. The average molecular weight is 295 g/mol. The van der Waals surface area contributed by atoms with Crippen LogP contribution in [0.5, 0.6) is 0 Å². The van der Waals surface area contributed by atoms with E-state index < -0.39 is 0 Å². The molecule has 2 rings (SSSR count). The number of likely N-dealkylation sites (N-methyl/N-ethyl adjacent to an activating group) is 2. The topological polar surface area (TPSA) is 18.5 Å². The highest BCUT2D eigenvalue weighted by atomic mass is 32.1. The second kappa shape index (κ2) is 8.13. The van der Waals surface area contributed by atoms with Crippen LogP contribution in [0.15, 0.2) is 17.5 Å². The number of thiophene rings is 1. The molecule has 1 fully saturated rings. The fraction of sp³-hybridized carbons (Fsp3) is 0.750. The van der Waals surface area contributed by atoms with E-state index in [4.69, 9.17) is 0 Å². The molecule has 2 atom stereocenters. The molecular weight excluding hydrogens is 266 g/mol. The summed E-state index contributed by atoms with van der Waals surface area (Å²) in [6.45, 7) is 6.90. The van der Waals surface area contributed by atoms with Crippen LogP contribution < -0.4 is 5.32 Å². The van der Waals surface area contributed by atoms with Crippen molar-refractivity contribution in [2.24, 2.45) is 0 Å². The Bertz CT molecular complexity index is 366. The molecule has 3 nitrogen and oxygen atoms in total. The van der Waals surface area contributed by atoms with Gasteiger partial charge >= 0.3 is 0 Å². The van der Waals surface area contributed by atoms with Crippen molar-refractivity contribution >= 4 is 11.3 Å². The fourth-order valence-corrected chi connectivity index (χ4v) is 3.77. The van der Waals surface area contributed by atoms with E-state index in [0.717, 1.165) is 6.54 Å². The molecule has 0 bridgehead atoms. The Labute approximate surface area is 128 Å². The van der Waals surface area contributed by atoms with Crippen LogP contribution in [-0.4, -0.2) is 62.2 Å². The highest BCUT2D eigenvalue weighted by Crippen LogP contribution is 2.17. The second-order valence-electron chi connectivity index (χ2n) is 6.01. The van der Waals surface area contributed by atoms with Gasteiger partial charge in [-0.15, -0.1) is 11.3 Å². The lowest BCUT2D eigenvalue weighted by atomic mass is 9.99. The third kappa shape index (κ3) is 4.85. The van der Waals surface area contributed by atoms with Crippen molar-refractivity contribution in [3.8, 4) is 0 Å². The summed E-state index contributed by atoms with van der Waals surface area (Å²) < 4.78 is 0. The lowest BCUT2D eigenvalue weighted by Crippen LogP contribution is -2.52. The molecule has 1 aliphatic rings. The molecule has 0 radical (unpaired) electrons. The first-order chi connectivity index (χ1) is 9.69. The van der Waals surface area contributed by atoms with Gasteiger partial charge in [0.1, 0.15) is 0 Å². The molecule has 1 saturated heterocycles. The Kier molecular flexibility index (Phi) is 6.49. The zero-order chi connectivity index (χ0) is 14.4. The molecule has 1 aromatic heterocycles. The average Bonchev–Trinajstić information content (AvgIpc) is 2.93. The third-order valence-corrected chi connectivity index (χ3v) is 5.29. The first kappa shape index (κ1) is 16.0. The van der Waals surface area contributed by atoms with E-state index in [1.54, 1.807) is 0 Å². The number of hydrogen-bond donors (Lipinski definition) is 1. The Morgan fingerprint density at radius 1 is 1.40 bits per heavy atom. The minimum Gasteiger partial charge on any atom is -0.314 e. The zero-order valence-corrected chi connectivity index (χ0v) is 14.0. The molecule has 0 spiro atoms. The van der Waals surface area contributed by atoms with Crippen LogP contribution in [0.3, 0.4) is 0 Å². The van der Waals surface area contributed by atoms with Crippen molar-refractivity contribution in [3.63, 3.8) is 0 Å². The van der Waals surface area contributed by atoms with Gasteiger partial charge in [-0.05, 0) is 51.3 Å². The first-order valence-corrected chi connectivity index (χ1v) is 8.71. The number of hydrogen-bond acceptors (Lipinski definition) is 4. The highest BCUT2D eigenvalue weighted by molar-refractivity contribution is 7.09. The van der Waals surface area contributed by atoms with Gasteiger partial charge in [-0.3, -0.25) is 0 Å². The van der Waals surface area contributed by atoms with Crippen LogP contribution in [-0.2, 0) is 6.42 Å². The Balaban J connectivity index is 1.84. The number of nitrogens with zero attached hydrogens (tertiary/aromatic N) is 2.